The normalized spacial score (nSPS) is 8.89. The maximum atomic E-state index is 5.10. The van der Waals surface area contributed by atoms with Crippen molar-refractivity contribution < 1.29 is 0 Å². The number of hydrogen-bond donors (Lipinski definition) is 0. The summed E-state index contributed by atoms with van der Waals surface area (Å²) in [4.78, 5) is 3.91. The summed E-state index contributed by atoms with van der Waals surface area (Å²) < 4.78 is 1.92. The third-order valence-electron chi connectivity index (χ3n) is 1.20. The van der Waals surface area contributed by atoms with E-state index < -0.39 is 0 Å². The summed E-state index contributed by atoms with van der Waals surface area (Å²) in [5, 5.41) is 0. The maximum Gasteiger partial charge on any atom is 0.0945 e. The zero-order chi connectivity index (χ0) is 6.69. The summed E-state index contributed by atoms with van der Waals surface area (Å²) in [5.74, 6) is 2.55. The van der Waals surface area contributed by atoms with Gasteiger partial charge in [-0.1, -0.05) is 0 Å². The Morgan fingerprint density at radius 2 is 2.67 bits per heavy atom. The van der Waals surface area contributed by atoms with Crippen molar-refractivity contribution in [2.75, 3.05) is 0 Å². The monoisotopic (exact) mass is 120 g/mol. The van der Waals surface area contributed by atoms with Crippen molar-refractivity contribution in [2.24, 2.45) is 7.05 Å². The molecular weight excluding hydrogens is 112 g/mol. The molecule has 0 fully saturated rings. The van der Waals surface area contributed by atoms with Gasteiger partial charge in [0.05, 0.1) is 12.7 Å². The lowest BCUT2D eigenvalue weighted by molar-refractivity contribution is 0.857. The highest BCUT2D eigenvalue weighted by Gasteiger charge is 1.91. The van der Waals surface area contributed by atoms with E-state index in [1.807, 2.05) is 11.6 Å². The SMILES string of the molecule is C#CCc1cncn1C. The molecule has 1 rings (SSSR count). The number of aryl methyl sites for hydroxylation is 1. The lowest BCUT2D eigenvalue weighted by atomic mass is 10.3. The molecule has 0 saturated heterocycles. The van der Waals surface area contributed by atoms with Crippen LogP contribution in [0.4, 0.5) is 0 Å². The topological polar surface area (TPSA) is 17.8 Å². The molecule has 46 valence electrons. The molecule has 2 nitrogen and oxygen atoms in total. The molecule has 0 bridgehead atoms. The van der Waals surface area contributed by atoms with Crippen LogP contribution in [0.3, 0.4) is 0 Å². The van der Waals surface area contributed by atoms with Crippen molar-refractivity contribution in [2.45, 2.75) is 6.42 Å². The van der Waals surface area contributed by atoms with E-state index in [0.717, 1.165) is 5.69 Å². The first-order chi connectivity index (χ1) is 4.34. The fraction of sp³-hybridized carbons (Fsp3) is 0.286. The van der Waals surface area contributed by atoms with Crippen LogP contribution in [0, 0.1) is 12.3 Å². The second kappa shape index (κ2) is 2.36. The van der Waals surface area contributed by atoms with Crippen LogP contribution in [0.5, 0.6) is 0 Å². The number of hydrogen-bond acceptors (Lipinski definition) is 1. The Kier molecular flexibility index (Phi) is 1.55. The van der Waals surface area contributed by atoms with Crippen LogP contribution in [0.25, 0.3) is 0 Å². The quantitative estimate of drug-likeness (QED) is 0.496. The summed E-state index contributed by atoms with van der Waals surface area (Å²) in [7, 11) is 1.93. The highest BCUT2D eigenvalue weighted by Crippen LogP contribution is 1.94. The number of rotatable bonds is 1. The molecule has 1 heterocycles. The minimum absolute atomic E-state index is 0.663. The second-order valence-corrected chi connectivity index (χ2v) is 1.88. The highest BCUT2D eigenvalue weighted by molar-refractivity contribution is 5.06. The van der Waals surface area contributed by atoms with Gasteiger partial charge in [0.25, 0.3) is 0 Å². The maximum absolute atomic E-state index is 5.10. The van der Waals surface area contributed by atoms with Crippen molar-refractivity contribution in [3.05, 3.63) is 18.2 Å². The van der Waals surface area contributed by atoms with Gasteiger partial charge in [-0.15, -0.1) is 12.3 Å². The number of nitrogens with zero attached hydrogens (tertiary/aromatic N) is 2. The molecule has 0 spiro atoms. The van der Waals surface area contributed by atoms with Gasteiger partial charge < -0.3 is 4.57 Å². The lowest BCUT2D eigenvalue weighted by Gasteiger charge is -1.92. The van der Waals surface area contributed by atoms with E-state index in [-0.39, 0.29) is 0 Å². The van der Waals surface area contributed by atoms with E-state index in [2.05, 4.69) is 10.9 Å². The third kappa shape index (κ3) is 1.11. The van der Waals surface area contributed by atoms with Gasteiger partial charge in [-0.05, 0) is 0 Å². The second-order valence-electron chi connectivity index (χ2n) is 1.88. The number of imidazole rings is 1. The number of terminal acetylenes is 1. The van der Waals surface area contributed by atoms with Crippen LogP contribution in [0.1, 0.15) is 5.69 Å². The molecule has 1 aromatic rings. The number of aromatic nitrogens is 2. The smallest absolute Gasteiger partial charge is 0.0945 e. The van der Waals surface area contributed by atoms with Gasteiger partial charge in [-0.25, -0.2) is 4.98 Å². The van der Waals surface area contributed by atoms with Gasteiger partial charge >= 0.3 is 0 Å². The fourth-order valence-electron chi connectivity index (χ4n) is 0.660. The Bertz CT molecular complexity index is 229. The van der Waals surface area contributed by atoms with Gasteiger partial charge in [0.15, 0.2) is 0 Å². The zero-order valence-electron chi connectivity index (χ0n) is 5.33. The lowest BCUT2D eigenvalue weighted by Crippen LogP contribution is -1.91. The molecule has 0 amide bonds. The molecule has 0 aromatic carbocycles. The third-order valence-corrected chi connectivity index (χ3v) is 1.20. The molecule has 9 heavy (non-hydrogen) atoms. The van der Waals surface area contributed by atoms with Crippen molar-refractivity contribution in [1.29, 1.82) is 0 Å². The van der Waals surface area contributed by atoms with Crippen LogP contribution >= 0.6 is 0 Å². The van der Waals surface area contributed by atoms with E-state index in [9.17, 15) is 0 Å². The largest absolute Gasteiger partial charge is 0.337 e. The van der Waals surface area contributed by atoms with Gasteiger partial charge in [0.2, 0.25) is 0 Å². The molecule has 0 N–H and O–H groups in total. The van der Waals surface area contributed by atoms with Gasteiger partial charge in [0.1, 0.15) is 0 Å². The van der Waals surface area contributed by atoms with Crippen LogP contribution in [-0.2, 0) is 13.5 Å². The fourth-order valence-corrected chi connectivity index (χ4v) is 0.660. The first kappa shape index (κ1) is 5.90. The molecule has 0 unspecified atom stereocenters. The molecule has 0 saturated carbocycles. The summed E-state index contributed by atoms with van der Waals surface area (Å²) in [6.45, 7) is 0. The molecule has 0 aliphatic heterocycles. The van der Waals surface area contributed by atoms with Gasteiger partial charge in [0, 0.05) is 18.9 Å². The van der Waals surface area contributed by atoms with Crippen LogP contribution < -0.4 is 0 Å². The molecule has 0 atom stereocenters. The predicted octanol–water partition coefficient (Wildman–Crippen LogP) is 0.596. The Morgan fingerprint density at radius 1 is 1.89 bits per heavy atom. The van der Waals surface area contributed by atoms with Crippen molar-refractivity contribution in [3.63, 3.8) is 0 Å². The minimum atomic E-state index is 0.663. The minimum Gasteiger partial charge on any atom is -0.337 e. The summed E-state index contributed by atoms with van der Waals surface area (Å²) in [5.41, 5.74) is 1.08. The van der Waals surface area contributed by atoms with Crippen molar-refractivity contribution >= 4 is 0 Å². The first-order valence-electron chi connectivity index (χ1n) is 2.73. The van der Waals surface area contributed by atoms with Gasteiger partial charge in [-0.2, -0.15) is 0 Å². The van der Waals surface area contributed by atoms with Crippen LogP contribution in [-0.4, -0.2) is 9.55 Å². The first-order valence-corrected chi connectivity index (χ1v) is 2.73. The molecule has 0 aliphatic rings. The van der Waals surface area contributed by atoms with Crippen LogP contribution in [0.2, 0.25) is 0 Å². The van der Waals surface area contributed by atoms with E-state index in [0.29, 0.717) is 6.42 Å². The average Bonchev–Trinajstić information content (AvgIpc) is 2.18. The Hall–Kier alpha value is -1.23. The molecule has 2 heteroatoms. The van der Waals surface area contributed by atoms with Gasteiger partial charge in [-0.3, -0.25) is 0 Å². The Labute approximate surface area is 54.5 Å². The summed E-state index contributed by atoms with van der Waals surface area (Å²) in [6, 6.07) is 0. The molecule has 0 aliphatic carbocycles. The van der Waals surface area contributed by atoms with E-state index >= 15 is 0 Å². The summed E-state index contributed by atoms with van der Waals surface area (Å²) >= 11 is 0. The highest BCUT2D eigenvalue weighted by atomic mass is 15.0. The standard InChI is InChI=1S/C7H8N2/c1-3-4-7-5-8-6-9(7)2/h1,5-6H,4H2,2H3. The van der Waals surface area contributed by atoms with E-state index in [1.54, 1.807) is 12.5 Å². The van der Waals surface area contributed by atoms with E-state index in [4.69, 9.17) is 6.42 Å². The predicted molar refractivity (Wildman–Crippen MR) is 35.7 cm³/mol. The Balaban J connectivity index is 2.84. The summed E-state index contributed by atoms with van der Waals surface area (Å²) in [6.07, 6.45) is 9.28. The zero-order valence-corrected chi connectivity index (χ0v) is 5.33. The van der Waals surface area contributed by atoms with Crippen molar-refractivity contribution in [3.8, 4) is 12.3 Å². The van der Waals surface area contributed by atoms with Crippen molar-refractivity contribution in [1.82, 2.24) is 9.55 Å². The molecule has 0 radical (unpaired) electrons. The van der Waals surface area contributed by atoms with Crippen LogP contribution in [0.15, 0.2) is 12.5 Å². The Morgan fingerprint density at radius 3 is 3.11 bits per heavy atom. The molecule has 1 aromatic heterocycles. The molecular formula is C7H8N2. The van der Waals surface area contributed by atoms with E-state index in [1.165, 1.54) is 0 Å². The average molecular weight is 120 g/mol.